The van der Waals surface area contributed by atoms with Gasteiger partial charge in [0.15, 0.2) is 0 Å². The Bertz CT molecular complexity index is 2240. The van der Waals surface area contributed by atoms with Crippen LogP contribution in [0.2, 0.25) is 0 Å². The van der Waals surface area contributed by atoms with Gasteiger partial charge >= 0.3 is 0 Å². The van der Waals surface area contributed by atoms with Gasteiger partial charge in [-0.1, -0.05) is 89.4 Å². The van der Waals surface area contributed by atoms with Gasteiger partial charge in [0.2, 0.25) is 6.71 Å². The van der Waals surface area contributed by atoms with Crippen LogP contribution in [-0.4, -0.2) is 16.7 Å². The molecule has 0 saturated carbocycles. The molecule has 0 spiro atoms. The number of para-hydroxylation sites is 2. The van der Waals surface area contributed by atoms with Crippen molar-refractivity contribution >= 4 is 23.1 Å². The summed E-state index contributed by atoms with van der Waals surface area (Å²) in [5.74, 6) is 3.31. The number of nitrogens with zero attached hydrogens (tertiary/aromatic N) is 2. The quantitative estimate of drug-likeness (QED) is 0.133. The van der Waals surface area contributed by atoms with Gasteiger partial charge in [0.1, 0.15) is 11.5 Å². The second-order valence-electron chi connectivity index (χ2n) is 12.2. The Labute approximate surface area is 301 Å². The third-order valence-electron chi connectivity index (χ3n) is 8.95. The molecule has 0 unspecified atom stereocenters. The van der Waals surface area contributed by atoms with Crippen molar-refractivity contribution in [3.63, 3.8) is 0 Å². The first-order valence-corrected chi connectivity index (χ1v) is 16.1. The summed E-state index contributed by atoms with van der Waals surface area (Å²) in [5.41, 5.74) is 13.1. The van der Waals surface area contributed by atoms with Crippen LogP contribution in [-0.2, 0) is 20.1 Å². The molecule has 0 atom stereocenters. The first-order valence-electron chi connectivity index (χ1n) is 16.1. The molecule has 5 aromatic carbocycles. The summed E-state index contributed by atoms with van der Waals surface area (Å²) in [7, 11) is 0. The third-order valence-corrected chi connectivity index (χ3v) is 8.95. The van der Waals surface area contributed by atoms with Crippen LogP contribution >= 0.6 is 0 Å². The van der Waals surface area contributed by atoms with E-state index >= 15 is 0 Å². The summed E-state index contributed by atoms with van der Waals surface area (Å²) >= 11 is 0. The molecule has 0 saturated heterocycles. The van der Waals surface area contributed by atoms with E-state index in [1.165, 1.54) is 22.3 Å². The maximum atomic E-state index is 6.56. The van der Waals surface area contributed by atoms with Gasteiger partial charge in [-0.3, -0.25) is 0 Å². The fourth-order valence-corrected chi connectivity index (χ4v) is 6.68. The summed E-state index contributed by atoms with van der Waals surface area (Å²) in [6.07, 6.45) is 3.76. The van der Waals surface area contributed by atoms with E-state index in [1.807, 2.05) is 79.0 Å². The van der Waals surface area contributed by atoms with Gasteiger partial charge in [-0.2, -0.15) is 0 Å². The Morgan fingerprint density at radius 1 is 0.612 bits per heavy atom. The van der Waals surface area contributed by atoms with Crippen LogP contribution in [0.25, 0.3) is 33.6 Å². The molecular formula is C43H31BIrN2O2-2. The van der Waals surface area contributed by atoms with E-state index < -0.39 is 0 Å². The van der Waals surface area contributed by atoms with Crippen LogP contribution < -0.4 is 25.9 Å². The van der Waals surface area contributed by atoms with Gasteiger partial charge in [0.05, 0.1) is 0 Å². The number of aromatic nitrogens is 2. The van der Waals surface area contributed by atoms with Gasteiger partial charge in [0.25, 0.3) is 0 Å². The van der Waals surface area contributed by atoms with E-state index in [4.69, 9.17) is 14.5 Å². The molecule has 2 aromatic heterocycles. The van der Waals surface area contributed by atoms with Crippen LogP contribution in [0.4, 0.5) is 0 Å². The molecule has 0 bridgehead atoms. The molecule has 0 fully saturated rings. The van der Waals surface area contributed by atoms with Crippen molar-refractivity contribution in [3.8, 4) is 56.6 Å². The summed E-state index contributed by atoms with van der Waals surface area (Å²) in [4.78, 5) is 9.12. The Hall–Kier alpha value is -5.29. The molecule has 0 amide bonds. The topological polar surface area (TPSA) is 44.2 Å². The second-order valence-corrected chi connectivity index (χ2v) is 12.2. The first kappa shape index (κ1) is 32.3. The maximum absolute atomic E-state index is 6.56. The van der Waals surface area contributed by atoms with Crippen LogP contribution in [0.3, 0.4) is 0 Å². The Balaban J connectivity index is 0.000000246. The van der Waals surface area contributed by atoms with Gasteiger partial charge in [-0.15, -0.1) is 48.0 Å². The van der Waals surface area contributed by atoms with E-state index in [9.17, 15) is 0 Å². The molecular weight excluding hydrogens is 780 g/mol. The van der Waals surface area contributed by atoms with Crippen LogP contribution in [0.15, 0.2) is 134 Å². The Morgan fingerprint density at radius 3 is 2.02 bits per heavy atom. The predicted octanol–water partition coefficient (Wildman–Crippen LogP) is 8.41. The molecule has 0 aliphatic carbocycles. The van der Waals surface area contributed by atoms with Gasteiger partial charge in [-0.25, -0.2) is 0 Å². The molecule has 7 aromatic rings. The van der Waals surface area contributed by atoms with Crippen molar-refractivity contribution in [2.45, 2.75) is 20.8 Å². The monoisotopic (exact) mass is 811 g/mol. The summed E-state index contributed by atoms with van der Waals surface area (Å²) in [5, 5.41) is 0. The van der Waals surface area contributed by atoms with Crippen LogP contribution in [0.5, 0.6) is 23.0 Å². The zero-order valence-corrected chi connectivity index (χ0v) is 29.7. The van der Waals surface area contributed by atoms with Gasteiger partial charge in [-0.05, 0) is 78.0 Å². The number of hydrogen-bond donors (Lipinski definition) is 0. The fraction of sp³-hybridized carbons (Fsp3) is 0.0698. The van der Waals surface area contributed by atoms with Crippen LogP contribution in [0, 0.1) is 32.9 Å². The largest absolute Gasteiger partial charge is 0.503 e. The molecule has 2 aliphatic rings. The minimum atomic E-state index is 0. The number of aryl methyl sites for hydroxylation is 3. The van der Waals surface area contributed by atoms with Crippen molar-refractivity contribution in [3.05, 3.63) is 163 Å². The zero-order valence-electron chi connectivity index (χ0n) is 27.3. The van der Waals surface area contributed by atoms with Crippen molar-refractivity contribution in [1.82, 2.24) is 9.97 Å². The average Bonchev–Trinajstić information content (AvgIpc) is 3.13. The van der Waals surface area contributed by atoms with E-state index in [0.29, 0.717) is 0 Å². The minimum absolute atomic E-state index is 0. The number of rotatable bonds is 3. The van der Waals surface area contributed by atoms with Crippen molar-refractivity contribution < 1.29 is 29.6 Å². The van der Waals surface area contributed by atoms with E-state index in [-0.39, 0.29) is 26.8 Å². The Kier molecular flexibility index (Phi) is 9.01. The van der Waals surface area contributed by atoms with E-state index in [2.05, 4.69) is 86.4 Å². The summed E-state index contributed by atoms with van der Waals surface area (Å²) < 4.78 is 12.9. The average molecular weight is 811 g/mol. The number of benzene rings is 5. The van der Waals surface area contributed by atoms with Crippen molar-refractivity contribution in [2.75, 3.05) is 0 Å². The minimum Gasteiger partial charge on any atom is -0.503 e. The number of ether oxygens (including phenoxy) is 2. The summed E-state index contributed by atoms with van der Waals surface area (Å²) in [6, 6.07) is 47.4. The molecule has 4 nitrogen and oxygen atoms in total. The van der Waals surface area contributed by atoms with Gasteiger partial charge in [0, 0.05) is 49.6 Å². The maximum Gasteiger partial charge on any atom is 0.239 e. The van der Waals surface area contributed by atoms with E-state index in [0.717, 1.165) is 67.5 Å². The number of pyridine rings is 2. The van der Waals surface area contributed by atoms with Crippen molar-refractivity contribution in [1.29, 1.82) is 0 Å². The molecule has 239 valence electrons. The normalized spacial score (nSPS) is 11.7. The SMILES string of the molecule is Cc1ccc(-c2cnc(-c3[c-]cc4c5c3Oc3ccccc3B5c3ccccc3O4)cc2C)c(C)c1.[Ir].[c-]1ccccc1-c1ccccn1. The standard InChI is InChI=1S/C32H23BNO2.C11H8N.Ir/c1-19-12-13-22(20(2)16-19)24-18-34-27(17-21(24)3)23-14-15-30-31-32(23)36-29-11-7-5-9-26(29)33(31)25-8-4-6-10-28(25)35-30;1-2-6-10(7-3-1)11-8-4-5-9-12-11;/h4-13,15-18H,1-3H3;1-6,8-9H;/q2*-1;. The molecule has 0 N–H and O–H groups in total. The molecule has 4 heterocycles. The molecule has 2 aliphatic heterocycles. The smallest absolute Gasteiger partial charge is 0.239 e. The molecule has 9 rings (SSSR count). The van der Waals surface area contributed by atoms with Gasteiger partial charge < -0.3 is 19.4 Å². The molecule has 6 heteroatoms. The second kappa shape index (κ2) is 13.7. The number of fused-ring (bicyclic) bond motifs is 4. The zero-order chi connectivity index (χ0) is 32.6. The Morgan fingerprint density at radius 2 is 1.33 bits per heavy atom. The first-order chi connectivity index (χ1) is 23.5. The number of hydrogen-bond acceptors (Lipinski definition) is 4. The van der Waals surface area contributed by atoms with Crippen LogP contribution in [0.1, 0.15) is 16.7 Å². The van der Waals surface area contributed by atoms with Crippen molar-refractivity contribution in [2.24, 2.45) is 0 Å². The summed E-state index contributed by atoms with van der Waals surface area (Å²) in [6.45, 7) is 6.45. The molecule has 49 heavy (non-hydrogen) atoms. The predicted molar refractivity (Wildman–Crippen MR) is 194 cm³/mol. The fourth-order valence-electron chi connectivity index (χ4n) is 6.68. The van der Waals surface area contributed by atoms with E-state index in [1.54, 1.807) is 6.20 Å². The molecule has 1 radical (unpaired) electrons. The third kappa shape index (κ3) is 6.10.